The Labute approximate surface area is 156 Å². The molecule has 4 rings (SSSR count). The second kappa shape index (κ2) is 6.30. The normalized spacial score (nSPS) is 46.9. The van der Waals surface area contributed by atoms with E-state index in [1.807, 2.05) is 0 Å². The van der Waals surface area contributed by atoms with E-state index in [9.17, 15) is 4.79 Å². The van der Waals surface area contributed by atoms with Crippen molar-refractivity contribution >= 4 is 5.97 Å². The smallest absolute Gasteiger partial charge is 0.309 e. The van der Waals surface area contributed by atoms with E-state index in [-0.39, 0.29) is 28.8 Å². The monoisotopic (exact) mass is 357 g/mol. The molecule has 0 aromatic heterocycles. The quantitative estimate of drug-likeness (QED) is 0.218. The highest BCUT2D eigenvalue weighted by Crippen LogP contribution is 2.66. The molecule has 0 aromatic rings. The maximum Gasteiger partial charge on any atom is 0.309 e. The molecular formula is C21H31N3O2. The van der Waals surface area contributed by atoms with Gasteiger partial charge in [0.1, 0.15) is 0 Å². The lowest BCUT2D eigenvalue weighted by molar-refractivity contribution is -0.152. The first-order valence-electron chi connectivity index (χ1n) is 10.3. The van der Waals surface area contributed by atoms with Crippen molar-refractivity contribution < 1.29 is 9.53 Å². The highest BCUT2D eigenvalue weighted by Gasteiger charge is 2.60. The number of carbonyl (C=O) groups excluding carboxylic acids is 1. The summed E-state index contributed by atoms with van der Waals surface area (Å²) < 4.78 is 5.13. The molecule has 0 spiro atoms. The average molecular weight is 357 g/mol. The third kappa shape index (κ3) is 2.43. The summed E-state index contributed by atoms with van der Waals surface area (Å²) in [5.74, 6) is 2.12. The molecule has 3 saturated carbocycles. The Morgan fingerprint density at radius 1 is 1.23 bits per heavy atom. The minimum Gasteiger partial charge on any atom is -0.469 e. The molecule has 26 heavy (non-hydrogen) atoms. The van der Waals surface area contributed by atoms with E-state index in [0.717, 1.165) is 44.9 Å². The first-order chi connectivity index (χ1) is 12.4. The van der Waals surface area contributed by atoms with Gasteiger partial charge in [0, 0.05) is 11.0 Å². The molecule has 3 fully saturated rings. The van der Waals surface area contributed by atoms with E-state index in [2.05, 4.69) is 29.9 Å². The zero-order valence-corrected chi connectivity index (χ0v) is 16.3. The van der Waals surface area contributed by atoms with Crippen LogP contribution in [-0.2, 0) is 9.53 Å². The maximum atomic E-state index is 12.3. The van der Waals surface area contributed by atoms with Gasteiger partial charge in [-0.2, -0.15) is 0 Å². The van der Waals surface area contributed by atoms with Crippen LogP contribution in [0.15, 0.2) is 16.8 Å². The topological polar surface area (TPSA) is 75.1 Å². The molecule has 0 heterocycles. The number of esters is 1. The van der Waals surface area contributed by atoms with Crippen LogP contribution in [0, 0.1) is 34.5 Å². The molecule has 0 unspecified atom stereocenters. The summed E-state index contributed by atoms with van der Waals surface area (Å²) in [7, 11) is 1.53. The lowest BCUT2D eigenvalue weighted by atomic mass is 9.47. The molecule has 4 aliphatic rings. The van der Waals surface area contributed by atoms with E-state index >= 15 is 0 Å². The number of allylic oxidation sites excluding steroid dienone is 1. The molecule has 0 saturated heterocycles. The summed E-state index contributed by atoms with van der Waals surface area (Å²) in [6.45, 7) is 4.81. The number of fused-ring (bicyclic) bond motifs is 5. The van der Waals surface area contributed by atoms with Crippen molar-refractivity contribution in [2.24, 2.45) is 39.6 Å². The fraction of sp³-hybridized carbons (Fsp3) is 0.857. The van der Waals surface area contributed by atoms with Gasteiger partial charge >= 0.3 is 5.97 Å². The van der Waals surface area contributed by atoms with E-state index in [1.165, 1.54) is 19.1 Å². The highest BCUT2D eigenvalue weighted by molar-refractivity contribution is 5.73. The van der Waals surface area contributed by atoms with Crippen molar-refractivity contribution in [3.05, 3.63) is 22.1 Å². The van der Waals surface area contributed by atoms with E-state index < -0.39 is 0 Å². The van der Waals surface area contributed by atoms with Crippen molar-refractivity contribution in [1.29, 1.82) is 0 Å². The van der Waals surface area contributed by atoms with Gasteiger partial charge in [-0.3, -0.25) is 4.79 Å². The van der Waals surface area contributed by atoms with Crippen LogP contribution in [0.1, 0.15) is 65.2 Å². The number of hydrogen-bond acceptors (Lipinski definition) is 3. The van der Waals surface area contributed by atoms with E-state index in [4.69, 9.17) is 10.3 Å². The van der Waals surface area contributed by atoms with E-state index in [0.29, 0.717) is 17.8 Å². The standard InChI is InChI=1S/C21H31N3O2/c1-20-10-8-14(23-24-22)12-13(20)4-5-15-16-6-7-18(19(25)26-3)21(16,2)11-9-17(15)20/h4,14-18H,5-12H2,1-3H3/t14-,15+,16+,17+,18-,20+,21+/m1/s1. The fourth-order valence-electron chi connectivity index (χ4n) is 7.34. The van der Waals surface area contributed by atoms with Crippen LogP contribution in [0.5, 0.6) is 0 Å². The lowest BCUT2D eigenvalue weighted by Gasteiger charge is -2.57. The Kier molecular flexibility index (Phi) is 4.34. The van der Waals surface area contributed by atoms with Gasteiger partial charge in [-0.1, -0.05) is 30.6 Å². The van der Waals surface area contributed by atoms with Gasteiger partial charge in [-0.15, -0.1) is 0 Å². The van der Waals surface area contributed by atoms with Crippen molar-refractivity contribution in [2.75, 3.05) is 7.11 Å². The van der Waals surface area contributed by atoms with E-state index in [1.54, 1.807) is 0 Å². The van der Waals surface area contributed by atoms with Gasteiger partial charge in [0.2, 0.25) is 0 Å². The molecular weight excluding hydrogens is 326 g/mol. The highest BCUT2D eigenvalue weighted by atomic mass is 16.5. The number of ether oxygens (including phenoxy) is 1. The van der Waals surface area contributed by atoms with Gasteiger partial charge in [0.15, 0.2) is 0 Å². The zero-order chi connectivity index (χ0) is 18.5. The molecule has 0 N–H and O–H groups in total. The molecule has 4 aliphatic carbocycles. The zero-order valence-electron chi connectivity index (χ0n) is 16.3. The SMILES string of the molecule is COC(=O)[C@H]1CC[C@H]2[C@@H]3CC=C4C[C@H](N=[N+]=[N-])CC[C@]4(C)[C@H]3CC[C@]12C. The van der Waals surface area contributed by atoms with Gasteiger partial charge in [-0.05, 0) is 85.5 Å². The average Bonchev–Trinajstić information content (AvgIpc) is 2.99. The summed E-state index contributed by atoms with van der Waals surface area (Å²) in [6, 6.07) is 0.139. The van der Waals surface area contributed by atoms with Gasteiger partial charge < -0.3 is 4.74 Å². The number of hydrogen-bond donors (Lipinski definition) is 0. The molecule has 0 aliphatic heterocycles. The number of nitrogens with zero attached hydrogens (tertiary/aromatic N) is 3. The largest absolute Gasteiger partial charge is 0.469 e. The third-order valence-corrected chi connectivity index (χ3v) is 8.78. The van der Waals surface area contributed by atoms with Gasteiger partial charge in [0.05, 0.1) is 13.0 Å². The number of rotatable bonds is 2. The van der Waals surface area contributed by atoms with Crippen LogP contribution in [0.3, 0.4) is 0 Å². The van der Waals surface area contributed by atoms with Crippen molar-refractivity contribution in [2.45, 2.75) is 71.3 Å². The fourth-order valence-corrected chi connectivity index (χ4v) is 7.34. The molecule has 0 aromatic carbocycles. The molecule has 5 nitrogen and oxygen atoms in total. The number of carbonyl (C=O) groups is 1. The van der Waals surface area contributed by atoms with Gasteiger partial charge in [-0.25, -0.2) is 0 Å². The Morgan fingerprint density at radius 3 is 2.77 bits per heavy atom. The van der Waals surface area contributed by atoms with Crippen molar-refractivity contribution in [1.82, 2.24) is 0 Å². The molecule has 5 heteroatoms. The van der Waals surface area contributed by atoms with Crippen molar-refractivity contribution in [3.63, 3.8) is 0 Å². The van der Waals surface area contributed by atoms with Crippen LogP contribution < -0.4 is 0 Å². The molecule has 0 radical (unpaired) electrons. The predicted molar refractivity (Wildman–Crippen MR) is 100 cm³/mol. The third-order valence-electron chi connectivity index (χ3n) is 8.78. The first-order valence-corrected chi connectivity index (χ1v) is 10.3. The van der Waals surface area contributed by atoms with Crippen LogP contribution in [0.4, 0.5) is 0 Å². The minimum atomic E-state index is 0.00146. The van der Waals surface area contributed by atoms with Crippen molar-refractivity contribution in [3.8, 4) is 0 Å². The number of azide groups is 1. The summed E-state index contributed by atoms with van der Waals surface area (Å²) >= 11 is 0. The second-order valence-electron chi connectivity index (χ2n) is 9.56. The first kappa shape index (κ1) is 17.9. The summed E-state index contributed by atoms with van der Waals surface area (Å²) in [6.07, 6.45) is 11.2. The maximum absolute atomic E-state index is 12.3. The van der Waals surface area contributed by atoms with Crippen LogP contribution in [-0.4, -0.2) is 19.1 Å². The minimum absolute atomic E-state index is 0.00146. The van der Waals surface area contributed by atoms with Crippen LogP contribution in [0.25, 0.3) is 10.4 Å². The van der Waals surface area contributed by atoms with Crippen LogP contribution >= 0.6 is 0 Å². The number of methoxy groups -OCH3 is 1. The summed E-state index contributed by atoms with van der Waals surface area (Å²) in [5.41, 5.74) is 10.7. The Balaban J connectivity index is 1.61. The molecule has 142 valence electrons. The molecule has 0 bridgehead atoms. The Morgan fingerprint density at radius 2 is 2.04 bits per heavy atom. The Bertz CT molecular complexity index is 683. The van der Waals surface area contributed by atoms with Crippen LogP contribution in [0.2, 0.25) is 0 Å². The molecule has 0 amide bonds. The molecule has 7 atom stereocenters. The lowest BCUT2D eigenvalue weighted by Crippen LogP contribution is -2.51. The Hall–Kier alpha value is -1.48. The summed E-state index contributed by atoms with van der Waals surface area (Å²) in [4.78, 5) is 15.4. The second-order valence-corrected chi connectivity index (χ2v) is 9.56. The summed E-state index contributed by atoms with van der Waals surface area (Å²) in [5, 5.41) is 4.00. The predicted octanol–water partition coefficient (Wildman–Crippen LogP) is 5.42. The van der Waals surface area contributed by atoms with Gasteiger partial charge in [0.25, 0.3) is 0 Å².